The normalized spacial score (nSPS) is 17.7. The summed E-state index contributed by atoms with van der Waals surface area (Å²) >= 11 is 6.09. The Hall–Kier alpha value is -2.64. The Morgan fingerprint density at radius 1 is 1.19 bits per heavy atom. The van der Waals surface area contributed by atoms with Gasteiger partial charge in [0.15, 0.2) is 21.0 Å². The minimum absolute atomic E-state index is 0.0248. The summed E-state index contributed by atoms with van der Waals surface area (Å²) in [4.78, 5) is 27.7. The minimum atomic E-state index is -3.22. The van der Waals surface area contributed by atoms with Crippen molar-refractivity contribution in [1.29, 1.82) is 0 Å². The smallest absolute Gasteiger partial charge is 0.290 e. The van der Waals surface area contributed by atoms with E-state index in [2.05, 4.69) is 0 Å². The van der Waals surface area contributed by atoms with Crippen molar-refractivity contribution in [3.8, 4) is 0 Å². The van der Waals surface area contributed by atoms with Crippen LogP contribution in [-0.4, -0.2) is 36.8 Å². The van der Waals surface area contributed by atoms with E-state index >= 15 is 0 Å². The number of sulfone groups is 1. The van der Waals surface area contributed by atoms with Gasteiger partial charge in [0, 0.05) is 23.7 Å². The maximum absolute atomic E-state index is 13.5. The van der Waals surface area contributed by atoms with Crippen molar-refractivity contribution in [2.75, 3.05) is 11.5 Å². The number of rotatable bonds is 4. The van der Waals surface area contributed by atoms with Crippen LogP contribution < -0.4 is 5.43 Å². The van der Waals surface area contributed by atoms with E-state index < -0.39 is 21.8 Å². The molecule has 2 aromatic carbocycles. The van der Waals surface area contributed by atoms with E-state index in [1.54, 1.807) is 24.3 Å². The molecule has 1 atom stereocenters. The Kier molecular flexibility index (Phi) is 5.66. The van der Waals surface area contributed by atoms with Gasteiger partial charge in [-0.3, -0.25) is 9.59 Å². The van der Waals surface area contributed by atoms with Crippen LogP contribution in [0.5, 0.6) is 0 Å². The first-order chi connectivity index (χ1) is 14.6. The van der Waals surface area contributed by atoms with Crippen LogP contribution in [0.1, 0.15) is 33.7 Å². The molecule has 0 saturated carbocycles. The standard InChI is InChI=1S/C23H22ClNO5S/c1-14-8-15(2)22-19(9-14)20(26)11-21(30-22)23(27)25(18-6-7-31(28,29)13-18)12-16-4-3-5-17(24)10-16/h3-5,8-11,18H,6-7,12-13H2,1-2H3/t18-/m0/s1. The molecule has 0 N–H and O–H groups in total. The van der Waals surface area contributed by atoms with Gasteiger partial charge in [0.1, 0.15) is 5.58 Å². The lowest BCUT2D eigenvalue weighted by molar-refractivity contribution is 0.0648. The number of aryl methyl sites for hydroxylation is 2. The van der Waals surface area contributed by atoms with E-state index in [0.29, 0.717) is 22.4 Å². The lowest BCUT2D eigenvalue weighted by atomic mass is 10.1. The molecule has 0 aliphatic carbocycles. The van der Waals surface area contributed by atoms with Crippen LogP contribution in [0.3, 0.4) is 0 Å². The zero-order valence-electron chi connectivity index (χ0n) is 17.2. The van der Waals surface area contributed by atoms with Gasteiger partial charge < -0.3 is 9.32 Å². The van der Waals surface area contributed by atoms with E-state index in [9.17, 15) is 18.0 Å². The summed E-state index contributed by atoms with van der Waals surface area (Å²) in [6.07, 6.45) is 0.338. The van der Waals surface area contributed by atoms with Crippen LogP contribution in [0.4, 0.5) is 0 Å². The molecule has 162 valence electrons. The Bertz CT molecular complexity index is 1350. The van der Waals surface area contributed by atoms with E-state index in [1.807, 2.05) is 26.0 Å². The summed E-state index contributed by atoms with van der Waals surface area (Å²) < 4.78 is 30.0. The third-order valence-electron chi connectivity index (χ3n) is 5.52. The average molecular weight is 460 g/mol. The van der Waals surface area contributed by atoms with Crippen LogP contribution in [-0.2, 0) is 16.4 Å². The highest BCUT2D eigenvalue weighted by Gasteiger charge is 2.36. The van der Waals surface area contributed by atoms with Crippen LogP contribution in [0.25, 0.3) is 11.0 Å². The maximum Gasteiger partial charge on any atom is 0.290 e. The highest BCUT2D eigenvalue weighted by molar-refractivity contribution is 7.91. The lowest BCUT2D eigenvalue weighted by Crippen LogP contribution is -2.41. The van der Waals surface area contributed by atoms with Gasteiger partial charge in [0.05, 0.1) is 16.9 Å². The van der Waals surface area contributed by atoms with Crippen molar-refractivity contribution in [1.82, 2.24) is 4.90 Å². The largest absolute Gasteiger partial charge is 0.450 e. The predicted molar refractivity (Wildman–Crippen MR) is 120 cm³/mol. The molecule has 0 unspecified atom stereocenters. The van der Waals surface area contributed by atoms with Crippen molar-refractivity contribution < 1.29 is 17.6 Å². The number of benzene rings is 2. The second-order valence-electron chi connectivity index (χ2n) is 8.05. The van der Waals surface area contributed by atoms with Crippen LogP contribution in [0, 0.1) is 13.8 Å². The molecule has 1 aromatic heterocycles. The number of hydrogen-bond donors (Lipinski definition) is 0. The number of amides is 1. The quantitative estimate of drug-likeness (QED) is 0.590. The number of fused-ring (bicyclic) bond motifs is 1. The van der Waals surface area contributed by atoms with Crippen LogP contribution >= 0.6 is 11.6 Å². The first kappa shape index (κ1) is 21.6. The van der Waals surface area contributed by atoms with Gasteiger partial charge >= 0.3 is 0 Å². The molecule has 2 heterocycles. The number of carbonyl (C=O) groups excluding carboxylic acids is 1. The fourth-order valence-corrected chi connectivity index (χ4v) is 6.02. The molecular weight excluding hydrogens is 438 g/mol. The van der Waals surface area contributed by atoms with Gasteiger partial charge in [-0.15, -0.1) is 0 Å². The highest BCUT2D eigenvalue weighted by atomic mass is 35.5. The maximum atomic E-state index is 13.5. The molecule has 1 aliphatic rings. The number of halogens is 1. The number of carbonyl (C=O) groups is 1. The summed E-state index contributed by atoms with van der Waals surface area (Å²) in [7, 11) is -3.22. The van der Waals surface area contributed by atoms with E-state index in [4.69, 9.17) is 16.0 Å². The predicted octanol–water partition coefficient (Wildman–Crippen LogP) is 3.89. The van der Waals surface area contributed by atoms with E-state index in [1.165, 1.54) is 11.0 Å². The average Bonchev–Trinajstić information content (AvgIpc) is 3.06. The van der Waals surface area contributed by atoms with Crippen LogP contribution in [0.15, 0.2) is 51.7 Å². The Labute approximate surface area is 185 Å². The van der Waals surface area contributed by atoms with E-state index in [0.717, 1.165) is 16.7 Å². The summed E-state index contributed by atoms with van der Waals surface area (Å²) in [5.74, 6) is -0.705. The molecule has 1 aliphatic heterocycles. The SMILES string of the molecule is Cc1cc(C)c2oc(C(=O)N(Cc3cccc(Cl)c3)[C@H]3CCS(=O)(=O)C3)cc(=O)c2c1. The third-order valence-corrected chi connectivity index (χ3v) is 7.51. The molecule has 6 nitrogen and oxygen atoms in total. The monoisotopic (exact) mass is 459 g/mol. The van der Waals surface area contributed by atoms with Gasteiger partial charge in [-0.05, 0) is 55.2 Å². The van der Waals surface area contributed by atoms with Crippen molar-refractivity contribution in [3.05, 3.63) is 80.2 Å². The van der Waals surface area contributed by atoms with Gasteiger partial charge in [-0.25, -0.2) is 8.42 Å². The molecule has 0 radical (unpaired) electrons. The van der Waals surface area contributed by atoms with Crippen molar-refractivity contribution in [3.63, 3.8) is 0 Å². The van der Waals surface area contributed by atoms with Crippen molar-refractivity contribution >= 4 is 38.3 Å². The highest BCUT2D eigenvalue weighted by Crippen LogP contribution is 2.25. The Morgan fingerprint density at radius 2 is 1.97 bits per heavy atom. The van der Waals surface area contributed by atoms with Gasteiger partial charge in [0.25, 0.3) is 5.91 Å². The molecular formula is C23H22ClNO5S. The van der Waals surface area contributed by atoms with Crippen LogP contribution in [0.2, 0.25) is 5.02 Å². The lowest BCUT2D eigenvalue weighted by Gasteiger charge is -2.28. The molecule has 31 heavy (non-hydrogen) atoms. The summed E-state index contributed by atoms with van der Waals surface area (Å²) in [6.45, 7) is 3.87. The molecule has 0 spiro atoms. The number of hydrogen-bond acceptors (Lipinski definition) is 5. The first-order valence-corrected chi connectivity index (χ1v) is 12.1. The van der Waals surface area contributed by atoms with Crippen molar-refractivity contribution in [2.24, 2.45) is 0 Å². The summed E-state index contributed by atoms with van der Waals surface area (Å²) in [5, 5.41) is 0.936. The summed E-state index contributed by atoms with van der Waals surface area (Å²) in [5.41, 5.74) is 2.50. The second kappa shape index (κ2) is 8.13. The van der Waals surface area contributed by atoms with Gasteiger partial charge in [-0.1, -0.05) is 29.8 Å². The summed E-state index contributed by atoms with van der Waals surface area (Å²) in [6, 6.07) is 11.4. The zero-order chi connectivity index (χ0) is 22.3. The molecule has 8 heteroatoms. The number of nitrogens with zero attached hydrogens (tertiary/aromatic N) is 1. The third kappa shape index (κ3) is 4.52. The Morgan fingerprint density at radius 3 is 2.65 bits per heavy atom. The molecule has 1 amide bonds. The molecule has 4 rings (SSSR count). The molecule has 0 bridgehead atoms. The fourth-order valence-electron chi connectivity index (χ4n) is 4.08. The van der Waals surface area contributed by atoms with E-state index in [-0.39, 0.29) is 29.2 Å². The fraction of sp³-hybridized carbons (Fsp3) is 0.304. The van der Waals surface area contributed by atoms with Crippen molar-refractivity contribution in [2.45, 2.75) is 32.9 Å². The molecule has 3 aromatic rings. The first-order valence-electron chi connectivity index (χ1n) is 9.94. The van der Waals surface area contributed by atoms with Gasteiger partial charge in [0.2, 0.25) is 0 Å². The van der Waals surface area contributed by atoms with Gasteiger partial charge in [-0.2, -0.15) is 0 Å². The zero-order valence-corrected chi connectivity index (χ0v) is 18.8. The topological polar surface area (TPSA) is 84.7 Å². The Balaban J connectivity index is 1.77. The molecule has 1 fully saturated rings. The minimum Gasteiger partial charge on any atom is -0.450 e. The molecule has 1 saturated heterocycles. The second-order valence-corrected chi connectivity index (χ2v) is 10.7.